The summed E-state index contributed by atoms with van der Waals surface area (Å²) in [4.78, 5) is 26.8. The van der Waals surface area contributed by atoms with Gasteiger partial charge in [0.25, 0.3) is 0 Å². The van der Waals surface area contributed by atoms with Gasteiger partial charge in [0, 0.05) is 26.2 Å². The van der Waals surface area contributed by atoms with Crippen LogP contribution in [0, 0.1) is 5.92 Å². The molecule has 0 aromatic carbocycles. The molecule has 0 aliphatic carbocycles. The smallest absolute Gasteiger partial charge is 0.246 e. The molecule has 3 unspecified atom stereocenters. The van der Waals surface area contributed by atoms with Crippen LogP contribution in [0.5, 0.6) is 0 Å². The van der Waals surface area contributed by atoms with Gasteiger partial charge in [-0.25, -0.2) is 0 Å². The van der Waals surface area contributed by atoms with Crippen molar-refractivity contribution in [2.75, 3.05) is 20.1 Å². The van der Waals surface area contributed by atoms with Crippen LogP contribution < -0.4 is 5.73 Å². The molecule has 3 atom stereocenters. The number of piperidine rings is 1. The second kappa shape index (κ2) is 4.74. The van der Waals surface area contributed by atoms with Crippen LogP contribution in [0.1, 0.15) is 26.2 Å². The highest BCUT2D eigenvalue weighted by molar-refractivity contribution is 6.05. The second-order valence-corrected chi connectivity index (χ2v) is 5.13. The summed E-state index contributed by atoms with van der Waals surface area (Å²) in [5, 5.41) is 0. The third-order valence-corrected chi connectivity index (χ3v) is 4.15. The Kier molecular flexibility index (Phi) is 3.49. The average Bonchev–Trinajstić information content (AvgIpc) is 2.58. The summed E-state index contributed by atoms with van der Waals surface area (Å²) >= 11 is 0. The largest absolute Gasteiger partial charge is 0.327 e. The molecule has 2 aliphatic rings. The lowest BCUT2D eigenvalue weighted by Crippen LogP contribution is -2.52. The monoisotopic (exact) mass is 239 g/mol. The van der Waals surface area contributed by atoms with Gasteiger partial charge in [0.15, 0.2) is 0 Å². The molecule has 2 fully saturated rings. The molecule has 2 rings (SSSR count). The van der Waals surface area contributed by atoms with E-state index in [4.69, 9.17) is 5.73 Å². The van der Waals surface area contributed by atoms with Gasteiger partial charge in [0.1, 0.15) is 0 Å². The van der Waals surface area contributed by atoms with Crippen molar-refractivity contribution in [2.45, 2.75) is 38.3 Å². The molecule has 0 radical (unpaired) electrons. The minimum Gasteiger partial charge on any atom is -0.327 e. The molecule has 0 bridgehead atoms. The number of likely N-dealkylation sites (tertiary alicyclic amines) is 2. The summed E-state index contributed by atoms with van der Waals surface area (Å²) < 4.78 is 0. The molecule has 2 aliphatic heterocycles. The maximum atomic E-state index is 11.9. The highest BCUT2D eigenvalue weighted by Gasteiger charge is 2.41. The van der Waals surface area contributed by atoms with Gasteiger partial charge in [0.2, 0.25) is 11.8 Å². The maximum absolute atomic E-state index is 11.9. The lowest BCUT2D eigenvalue weighted by molar-refractivity contribution is -0.138. The summed E-state index contributed by atoms with van der Waals surface area (Å²) in [6.45, 7) is 3.80. The highest BCUT2D eigenvalue weighted by Crippen LogP contribution is 2.25. The minimum absolute atomic E-state index is 0.0553. The number of imide groups is 1. The van der Waals surface area contributed by atoms with Gasteiger partial charge in [-0.15, -0.1) is 0 Å². The van der Waals surface area contributed by atoms with Crippen LogP contribution in [0.2, 0.25) is 0 Å². The number of hydrogen-bond acceptors (Lipinski definition) is 4. The van der Waals surface area contributed by atoms with Gasteiger partial charge in [-0.1, -0.05) is 13.3 Å². The van der Waals surface area contributed by atoms with Crippen LogP contribution >= 0.6 is 0 Å². The van der Waals surface area contributed by atoms with E-state index in [0.29, 0.717) is 12.3 Å². The Labute approximate surface area is 102 Å². The van der Waals surface area contributed by atoms with Crippen molar-refractivity contribution in [1.82, 2.24) is 9.80 Å². The quantitative estimate of drug-likeness (QED) is 0.678. The fourth-order valence-corrected chi connectivity index (χ4v) is 2.81. The molecule has 96 valence electrons. The predicted molar refractivity (Wildman–Crippen MR) is 64.1 cm³/mol. The van der Waals surface area contributed by atoms with Crippen molar-refractivity contribution >= 4 is 11.8 Å². The zero-order chi connectivity index (χ0) is 12.6. The number of rotatable bonds is 2. The van der Waals surface area contributed by atoms with Gasteiger partial charge in [-0.05, 0) is 12.3 Å². The standard InChI is InChI=1S/C12H21N3O2/c1-3-8-7-15(5-4-9(8)13)10-6-11(16)14(2)12(10)17/h8-10H,3-7,13H2,1-2H3. The van der Waals surface area contributed by atoms with Crippen molar-refractivity contribution in [2.24, 2.45) is 11.7 Å². The molecule has 0 aromatic rings. The van der Waals surface area contributed by atoms with Gasteiger partial charge in [-0.3, -0.25) is 19.4 Å². The van der Waals surface area contributed by atoms with Crippen molar-refractivity contribution in [3.05, 3.63) is 0 Å². The number of likely N-dealkylation sites (N-methyl/N-ethyl adjacent to an activating group) is 1. The van der Waals surface area contributed by atoms with Crippen LogP contribution in [-0.4, -0.2) is 53.8 Å². The van der Waals surface area contributed by atoms with Crippen molar-refractivity contribution in [1.29, 1.82) is 0 Å². The van der Waals surface area contributed by atoms with E-state index in [1.54, 1.807) is 7.05 Å². The molecule has 2 heterocycles. The van der Waals surface area contributed by atoms with Crippen LogP contribution in [-0.2, 0) is 9.59 Å². The Balaban J connectivity index is 2.04. The molecular weight excluding hydrogens is 218 g/mol. The fraction of sp³-hybridized carbons (Fsp3) is 0.833. The third kappa shape index (κ3) is 2.21. The van der Waals surface area contributed by atoms with E-state index < -0.39 is 0 Å². The lowest BCUT2D eigenvalue weighted by Gasteiger charge is -2.38. The van der Waals surface area contributed by atoms with E-state index in [9.17, 15) is 9.59 Å². The second-order valence-electron chi connectivity index (χ2n) is 5.13. The Morgan fingerprint density at radius 2 is 2.12 bits per heavy atom. The van der Waals surface area contributed by atoms with Gasteiger partial charge in [0.05, 0.1) is 12.5 Å². The number of nitrogens with two attached hydrogens (primary N) is 1. The lowest BCUT2D eigenvalue weighted by atomic mass is 9.89. The normalized spacial score (nSPS) is 35.7. The first-order chi connectivity index (χ1) is 8.04. The van der Waals surface area contributed by atoms with E-state index >= 15 is 0 Å². The van der Waals surface area contributed by atoms with Gasteiger partial charge < -0.3 is 5.73 Å². The topological polar surface area (TPSA) is 66.6 Å². The number of carbonyl (C=O) groups is 2. The minimum atomic E-state index is -0.242. The van der Waals surface area contributed by atoms with Crippen LogP contribution in [0.4, 0.5) is 0 Å². The molecule has 5 nitrogen and oxygen atoms in total. The summed E-state index contributed by atoms with van der Waals surface area (Å²) in [6, 6.07) is -0.00441. The summed E-state index contributed by atoms with van der Waals surface area (Å²) in [7, 11) is 1.57. The van der Waals surface area contributed by atoms with Crippen molar-refractivity contribution in [3.8, 4) is 0 Å². The van der Waals surface area contributed by atoms with Crippen LogP contribution in [0.25, 0.3) is 0 Å². The Bertz CT molecular complexity index is 332. The Morgan fingerprint density at radius 1 is 1.41 bits per heavy atom. The number of hydrogen-bond donors (Lipinski definition) is 1. The van der Waals surface area contributed by atoms with Crippen molar-refractivity contribution < 1.29 is 9.59 Å². The Hall–Kier alpha value is -0.940. The number of amides is 2. The maximum Gasteiger partial charge on any atom is 0.246 e. The molecule has 0 saturated carbocycles. The van der Waals surface area contributed by atoms with Gasteiger partial charge in [-0.2, -0.15) is 0 Å². The van der Waals surface area contributed by atoms with E-state index in [-0.39, 0.29) is 23.9 Å². The van der Waals surface area contributed by atoms with Crippen molar-refractivity contribution in [3.63, 3.8) is 0 Å². The zero-order valence-corrected chi connectivity index (χ0v) is 10.6. The van der Waals surface area contributed by atoms with E-state index in [1.165, 1.54) is 4.90 Å². The van der Waals surface area contributed by atoms with Crippen LogP contribution in [0.3, 0.4) is 0 Å². The third-order valence-electron chi connectivity index (χ3n) is 4.15. The van der Waals surface area contributed by atoms with E-state index in [2.05, 4.69) is 11.8 Å². The molecule has 0 aromatic heterocycles. The average molecular weight is 239 g/mol. The molecule has 0 spiro atoms. The molecule has 2 amide bonds. The predicted octanol–water partition coefficient (Wildman–Crippen LogP) is -0.197. The van der Waals surface area contributed by atoms with Crippen LogP contribution in [0.15, 0.2) is 0 Å². The summed E-state index contributed by atoms with van der Waals surface area (Å²) in [5.74, 6) is 0.320. The summed E-state index contributed by atoms with van der Waals surface area (Å²) in [5.41, 5.74) is 6.05. The fourth-order valence-electron chi connectivity index (χ4n) is 2.81. The van der Waals surface area contributed by atoms with E-state index in [1.807, 2.05) is 0 Å². The molecule has 2 saturated heterocycles. The Morgan fingerprint density at radius 3 is 2.65 bits per heavy atom. The molecular formula is C12H21N3O2. The molecule has 5 heteroatoms. The highest BCUT2D eigenvalue weighted by atomic mass is 16.2. The SMILES string of the molecule is CCC1CN(C2CC(=O)N(C)C2=O)CCC1N. The first-order valence-corrected chi connectivity index (χ1v) is 6.34. The zero-order valence-electron chi connectivity index (χ0n) is 10.6. The molecule has 2 N–H and O–H groups in total. The summed E-state index contributed by atoms with van der Waals surface area (Å²) in [6.07, 6.45) is 2.28. The number of nitrogens with zero attached hydrogens (tertiary/aromatic N) is 2. The molecule has 17 heavy (non-hydrogen) atoms. The van der Waals surface area contributed by atoms with E-state index in [0.717, 1.165) is 25.9 Å². The number of carbonyl (C=O) groups excluding carboxylic acids is 2. The first-order valence-electron chi connectivity index (χ1n) is 6.34. The first kappa shape index (κ1) is 12.5. The van der Waals surface area contributed by atoms with Gasteiger partial charge >= 0.3 is 0 Å².